The van der Waals surface area contributed by atoms with Crippen molar-refractivity contribution in [3.8, 4) is 0 Å². The molecule has 0 aliphatic heterocycles. The Morgan fingerprint density at radius 1 is 0.704 bits per heavy atom. The van der Waals surface area contributed by atoms with Gasteiger partial charge in [-0.2, -0.15) is 9.13 Å². The summed E-state index contributed by atoms with van der Waals surface area (Å²) in [4.78, 5) is 46.1. The van der Waals surface area contributed by atoms with Crippen LogP contribution in [0, 0.1) is 0 Å². The van der Waals surface area contributed by atoms with Gasteiger partial charge < -0.3 is 29.6 Å². The van der Waals surface area contributed by atoms with Gasteiger partial charge in [-0.05, 0) is 0 Å². The summed E-state index contributed by atoms with van der Waals surface area (Å²) >= 11 is 0. The number of nitrogens with zero attached hydrogens (tertiary/aromatic N) is 2. The van der Waals surface area contributed by atoms with Gasteiger partial charge in [-0.3, -0.25) is 9.59 Å². The minimum Gasteiger partial charge on any atom is -1.00 e. The highest BCUT2D eigenvalue weighted by Crippen LogP contribution is 2.04. The van der Waals surface area contributed by atoms with E-state index in [0.717, 1.165) is 0 Å². The molecule has 0 atom stereocenters. The number of pyridine rings is 2. The van der Waals surface area contributed by atoms with Gasteiger partial charge in [-0.15, -0.1) is 0 Å². The number of esters is 2. The summed E-state index contributed by atoms with van der Waals surface area (Å²) in [6, 6.07) is 5.91. The van der Waals surface area contributed by atoms with Crippen molar-refractivity contribution in [2.45, 2.75) is 26.9 Å². The summed E-state index contributed by atoms with van der Waals surface area (Å²) in [7, 11) is 0. The van der Waals surface area contributed by atoms with Crippen LogP contribution < -0.4 is 33.9 Å². The third-order valence-electron chi connectivity index (χ3n) is 3.25. The van der Waals surface area contributed by atoms with Gasteiger partial charge in [0.25, 0.3) is 0 Å². The Hall–Kier alpha value is -2.64. The summed E-state index contributed by atoms with van der Waals surface area (Å²) < 4.78 is 8.07. The van der Waals surface area contributed by atoms with Gasteiger partial charge in [0.05, 0.1) is 11.1 Å². The molecule has 0 saturated heterocycles. The zero-order valence-electron chi connectivity index (χ0n) is 14.7. The highest BCUT2D eigenvalue weighted by molar-refractivity contribution is 6.02. The molecule has 0 aliphatic rings. The lowest BCUT2D eigenvalue weighted by molar-refractivity contribution is -0.684. The number of carbonyl (C=O) groups excluding carboxylic acids is 4. The third kappa shape index (κ3) is 7.64. The van der Waals surface area contributed by atoms with E-state index in [2.05, 4.69) is 0 Å². The first-order valence-corrected chi connectivity index (χ1v) is 7.59. The second-order valence-electron chi connectivity index (χ2n) is 5.60. The highest BCUT2D eigenvalue weighted by atomic mass is 35.5. The van der Waals surface area contributed by atoms with E-state index >= 15 is 0 Å². The Morgan fingerprint density at radius 3 is 1.26 bits per heavy atom. The molecule has 144 valence electrons. The standard InChI is InChI=1S/C18H18N2O5.2ClH/c1-13(21)11-19-7-3-15(4-8-19)17(23)25-18(24)16-5-9-20(10-6-16)12-14(2)22;;/h3-10H,11-12H2,1-2H3;2*1H/q+2;;/p-2. The Labute approximate surface area is 168 Å². The van der Waals surface area contributed by atoms with Crippen LogP contribution in [0.3, 0.4) is 0 Å². The Bertz CT molecular complexity index is 751. The number of Topliss-reactive ketones (excluding diaryl/α,β-unsaturated/α-hetero) is 2. The van der Waals surface area contributed by atoms with Crippen molar-refractivity contribution in [3.05, 3.63) is 60.2 Å². The first-order valence-electron chi connectivity index (χ1n) is 7.59. The summed E-state index contributed by atoms with van der Waals surface area (Å²) in [6.07, 6.45) is 6.26. The molecule has 0 N–H and O–H groups in total. The smallest absolute Gasteiger partial charge is 0.346 e. The maximum atomic E-state index is 12.0. The molecule has 2 rings (SSSR count). The molecule has 2 aromatic rings. The number of hydrogen-bond acceptors (Lipinski definition) is 5. The van der Waals surface area contributed by atoms with Gasteiger partial charge in [-0.1, -0.05) is 0 Å². The van der Waals surface area contributed by atoms with Gasteiger partial charge in [0.1, 0.15) is 0 Å². The van der Waals surface area contributed by atoms with Crippen LogP contribution >= 0.6 is 0 Å². The predicted octanol–water partition coefficient (Wildman–Crippen LogP) is -5.56. The van der Waals surface area contributed by atoms with E-state index in [-0.39, 0.29) is 60.6 Å². The highest BCUT2D eigenvalue weighted by Gasteiger charge is 2.17. The monoisotopic (exact) mass is 412 g/mol. The molecule has 0 aliphatic carbocycles. The zero-order valence-corrected chi connectivity index (χ0v) is 16.2. The quantitative estimate of drug-likeness (QED) is 0.268. The van der Waals surface area contributed by atoms with Crippen LogP contribution in [0.25, 0.3) is 0 Å². The topological polar surface area (TPSA) is 85.3 Å². The van der Waals surface area contributed by atoms with Gasteiger partial charge in [-0.25, -0.2) is 9.59 Å². The third-order valence-corrected chi connectivity index (χ3v) is 3.25. The fourth-order valence-electron chi connectivity index (χ4n) is 2.11. The molecule has 0 bridgehead atoms. The van der Waals surface area contributed by atoms with Gasteiger partial charge in [0, 0.05) is 38.1 Å². The molecule has 0 unspecified atom stereocenters. The maximum Gasteiger partial charge on any atom is 0.346 e. The van der Waals surface area contributed by atoms with Gasteiger partial charge in [0.2, 0.25) is 13.1 Å². The lowest BCUT2D eigenvalue weighted by Gasteiger charge is -2.02. The first kappa shape index (κ1) is 24.4. The number of carbonyl (C=O) groups is 4. The average Bonchev–Trinajstić information content (AvgIpc) is 2.55. The van der Waals surface area contributed by atoms with Crippen LogP contribution in [0.4, 0.5) is 0 Å². The van der Waals surface area contributed by atoms with E-state index < -0.39 is 11.9 Å². The number of ether oxygens (including phenoxy) is 1. The van der Waals surface area contributed by atoms with Crippen molar-refractivity contribution in [3.63, 3.8) is 0 Å². The molecule has 0 spiro atoms. The van der Waals surface area contributed by atoms with Crippen LogP contribution in [0.2, 0.25) is 0 Å². The van der Waals surface area contributed by atoms with E-state index in [1.54, 1.807) is 33.9 Å². The molecule has 2 heterocycles. The van der Waals surface area contributed by atoms with Crippen LogP contribution in [0.1, 0.15) is 34.6 Å². The van der Waals surface area contributed by atoms with Crippen molar-refractivity contribution < 1.29 is 57.9 Å². The molecule has 27 heavy (non-hydrogen) atoms. The van der Waals surface area contributed by atoms with Crippen LogP contribution in [-0.2, 0) is 27.4 Å². The number of rotatable bonds is 6. The SMILES string of the molecule is CC(=O)C[n+]1ccc(C(=O)OC(=O)c2cc[n+](CC(C)=O)cc2)cc1.[Cl-].[Cl-]. The number of hydrogen-bond donors (Lipinski definition) is 0. The fraction of sp³-hybridized carbons (Fsp3) is 0.222. The van der Waals surface area contributed by atoms with Crippen LogP contribution in [-0.4, -0.2) is 23.5 Å². The summed E-state index contributed by atoms with van der Waals surface area (Å²) in [6.45, 7) is 3.35. The summed E-state index contributed by atoms with van der Waals surface area (Å²) in [5.41, 5.74) is 0.409. The molecule has 0 aromatic carbocycles. The molecular weight excluding hydrogens is 395 g/mol. The van der Waals surface area contributed by atoms with Crippen molar-refractivity contribution in [1.82, 2.24) is 0 Å². The van der Waals surface area contributed by atoms with Gasteiger partial charge >= 0.3 is 11.9 Å². The van der Waals surface area contributed by atoms with E-state index in [1.807, 2.05) is 0 Å². The Morgan fingerprint density at radius 2 is 1.00 bits per heavy atom. The van der Waals surface area contributed by atoms with Gasteiger partial charge in [0.15, 0.2) is 36.4 Å². The van der Waals surface area contributed by atoms with Crippen molar-refractivity contribution in [2.75, 3.05) is 0 Å². The predicted molar refractivity (Wildman–Crippen MR) is 84.4 cm³/mol. The molecule has 7 nitrogen and oxygen atoms in total. The molecule has 0 radical (unpaired) electrons. The summed E-state index contributed by atoms with van der Waals surface area (Å²) in [5, 5.41) is 0. The van der Waals surface area contributed by atoms with E-state index in [0.29, 0.717) is 0 Å². The summed E-state index contributed by atoms with van der Waals surface area (Å²) in [5.74, 6) is -1.58. The lowest BCUT2D eigenvalue weighted by atomic mass is 10.2. The minimum atomic E-state index is -0.777. The minimum absolute atomic E-state index is 0. The molecule has 0 amide bonds. The zero-order chi connectivity index (χ0) is 18.4. The van der Waals surface area contributed by atoms with E-state index in [4.69, 9.17) is 4.74 Å². The number of halogens is 2. The van der Waals surface area contributed by atoms with Crippen LogP contribution in [0.5, 0.6) is 0 Å². The van der Waals surface area contributed by atoms with Crippen molar-refractivity contribution >= 4 is 23.5 Å². The average molecular weight is 413 g/mol. The molecule has 2 aromatic heterocycles. The van der Waals surface area contributed by atoms with E-state index in [9.17, 15) is 19.2 Å². The fourth-order valence-corrected chi connectivity index (χ4v) is 2.11. The molecule has 0 fully saturated rings. The second kappa shape index (κ2) is 11.2. The maximum absolute atomic E-state index is 12.0. The first-order chi connectivity index (χ1) is 11.8. The van der Waals surface area contributed by atoms with Crippen molar-refractivity contribution in [1.29, 1.82) is 0 Å². The molecule has 9 heteroatoms. The lowest BCUT2D eigenvalue weighted by Crippen LogP contribution is -3.00. The molecule has 0 saturated carbocycles. The number of aromatic nitrogens is 2. The second-order valence-corrected chi connectivity index (χ2v) is 5.60. The largest absolute Gasteiger partial charge is 1.00 e. The Balaban J connectivity index is 0.00000338. The molecular formula is C18H18Cl2N2O5. The van der Waals surface area contributed by atoms with E-state index in [1.165, 1.54) is 38.1 Å². The number of ketones is 2. The van der Waals surface area contributed by atoms with Crippen molar-refractivity contribution in [2.24, 2.45) is 0 Å². The van der Waals surface area contributed by atoms with Crippen LogP contribution in [0.15, 0.2) is 49.1 Å². The normalized spacial score (nSPS) is 9.41. The Kier molecular flexibility index (Phi) is 10.1.